The maximum absolute atomic E-state index is 12.3. The maximum Gasteiger partial charge on any atom is 0.321 e. The quantitative estimate of drug-likeness (QED) is 0.493. The van der Waals surface area contributed by atoms with Crippen molar-refractivity contribution in [3.05, 3.63) is 48.0 Å². The summed E-state index contributed by atoms with van der Waals surface area (Å²) in [5.74, 6) is -1.37. The Hall–Kier alpha value is -1.90. The molecule has 0 saturated heterocycles. The first kappa shape index (κ1) is 11.6. The molecular formula is C14H14O3. The van der Waals surface area contributed by atoms with E-state index in [-0.39, 0.29) is 5.78 Å². The molecule has 2 rings (SSSR count). The number of allylic oxidation sites excluding steroid dienone is 1. The van der Waals surface area contributed by atoms with Gasteiger partial charge in [0.05, 0.1) is 0 Å². The third kappa shape index (κ3) is 2.00. The highest BCUT2D eigenvalue weighted by molar-refractivity contribution is 6.13. The van der Waals surface area contributed by atoms with Crippen LogP contribution in [-0.2, 0) is 4.79 Å². The van der Waals surface area contributed by atoms with Crippen molar-refractivity contribution in [2.45, 2.75) is 19.3 Å². The highest BCUT2D eigenvalue weighted by Gasteiger charge is 2.44. The molecule has 1 atom stereocenters. The first-order chi connectivity index (χ1) is 8.17. The molecule has 1 unspecified atom stereocenters. The fraction of sp³-hybridized carbons (Fsp3) is 0.286. The zero-order valence-electron chi connectivity index (χ0n) is 9.43. The summed E-state index contributed by atoms with van der Waals surface area (Å²) in [4.78, 5) is 23.8. The summed E-state index contributed by atoms with van der Waals surface area (Å²) in [6, 6.07) is 8.62. The number of hydrogen-bond donors (Lipinski definition) is 1. The Morgan fingerprint density at radius 3 is 2.41 bits per heavy atom. The second-order valence-electron chi connectivity index (χ2n) is 4.27. The summed E-state index contributed by atoms with van der Waals surface area (Å²) in [5.41, 5.74) is -0.902. The lowest BCUT2D eigenvalue weighted by atomic mass is 9.73. The van der Waals surface area contributed by atoms with Crippen LogP contribution in [-0.4, -0.2) is 16.9 Å². The number of rotatable bonds is 3. The minimum Gasteiger partial charge on any atom is -0.480 e. The van der Waals surface area contributed by atoms with Crippen molar-refractivity contribution in [3.8, 4) is 0 Å². The summed E-state index contributed by atoms with van der Waals surface area (Å²) in [5, 5.41) is 9.35. The van der Waals surface area contributed by atoms with Gasteiger partial charge in [0.1, 0.15) is 5.41 Å². The van der Waals surface area contributed by atoms with Crippen molar-refractivity contribution in [2.24, 2.45) is 5.41 Å². The van der Waals surface area contributed by atoms with Gasteiger partial charge in [-0.05, 0) is 19.3 Å². The van der Waals surface area contributed by atoms with Gasteiger partial charge in [0.25, 0.3) is 0 Å². The minimum atomic E-state index is -1.36. The zero-order chi connectivity index (χ0) is 12.3. The van der Waals surface area contributed by atoms with Crippen LogP contribution in [0, 0.1) is 5.41 Å². The van der Waals surface area contributed by atoms with E-state index >= 15 is 0 Å². The molecule has 0 bridgehead atoms. The van der Waals surface area contributed by atoms with Gasteiger partial charge in [0.2, 0.25) is 0 Å². The molecule has 0 radical (unpaired) electrons. The van der Waals surface area contributed by atoms with Crippen LogP contribution in [0.5, 0.6) is 0 Å². The zero-order valence-corrected chi connectivity index (χ0v) is 9.43. The molecule has 3 heteroatoms. The Morgan fingerprint density at radius 1 is 1.18 bits per heavy atom. The average Bonchev–Trinajstić information content (AvgIpc) is 2.39. The molecule has 0 aromatic heterocycles. The molecule has 0 fully saturated rings. The van der Waals surface area contributed by atoms with E-state index in [0.29, 0.717) is 12.0 Å². The van der Waals surface area contributed by atoms with Crippen molar-refractivity contribution in [1.29, 1.82) is 0 Å². The van der Waals surface area contributed by atoms with E-state index in [0.717, 1.165) is 12.8 Å². The maximum atomic E-state index is 12.3. The van der Waals surface area contributed by atoms with Gasteiger partial charge in [0.15, 0.2) is 5.78 Å². The van der Waals surface area contributed by atoms with E-state index in [1.807, 2.05) is 0 Å². The fourth-order valence-corrected chi connectivity index (χ4v) is 2.18. The molecule has 0 aliphatic heterocycles. The lowest BCUT2D eigenvalue weighted by Gasteiger charge is -2.27. The van der Waals surface area contributed by atoms with Gasteiger partial charge in [-0.1, -0.05) is 42.5 Å². The molecule has 1 N–H and O–H groups in total. The molecular weight excluding hydrogens is 216 g/mol. The van der Waals surface area contributed by atoms with Crippen LogP contribution in [0.25, 0.3) is 0 Å². The summed E-state index contributed by atoms with van der Waals surface area (Å²) < 4.78 is 0. The summed E-state index contributed by atoms with van der Waals surface area (Å²) in [6.07, 6.45) is 5.30. The number of carbonyl (C=O) groups excluding carboxylic acids is 1. The van der Waals surface area contributed by atoms with Crippen molar-refractivity contribution < 1.29 is 14.7 Å². The first-order valence-corrected chi connectivity index (χ1v) is 5.68. The predicted molar refractivity (Wildman–Crippen MR) is 63.8 cm³/mol. The van der Waals surface area contributed by atoms with Gasteiger partial charge in [0, 0.05) is 5.56 Å². The van der Waals surface area contributed by atoms with Crippen molar-refractivity contribution in [3.63, 3.8) is 0 Å². The largest absolute Gasteiger partial charge is 0.480 e. The van der Waals surface area contributed by atoms with Gasteiger partial charge in [-0.3, -0.25) is 9.59 Å². The molecule has 1 aromatic rings. The minimum absolute atomic E-state index is 0.318. The van der Waals surface area contributed by atoms with Crippen LogP contribution in [0.2, 0.25) is 0 Å². The average molecular weight is 230 g/mol. The van der Waals surface area contributed by atoms with Gasteiger partial charge >= 0.3 is 5.97 Å². The smallest absolute Gasteiger partial charge is 0.321 e. The molecule has 0 amide bonds. The highest BCUT2D eigenvalue weighted by atomic mass is 16.4. The normalized spacial score (nSPS) is 23.3. The third-order valence-corrected chi connectivity index (χ3v) is 3.17. The number of carboxylic acid groups (broad SMARTS) is 1. The summed E-state index contributed by atoms with van der Waals surface area (Å²) >= 11 is 0. The number of Topliss-reactive ketones (excluding diaryl/α,β-unsaturated/α-hetero) is 1. The number of carbonyl (C=O) groups is 2. The van der Waals surface area contributed by atoms with Crippen LogP contribution >= 0.6 is 0 Å². The summed E-state index contributed by atoms with van der Waals surface area (Å²) in [6.45, 7) is 0. The monoisotopic (exact) mass is 230 g/mol. The number of hydrogen-bond acceptors (Lipinski definition) is 2. The SMILES string of the molecule is O=C(O)C1(C(=O)c2ccccc2)C=CCCC1. The molecule has 17 heavy (non-hydrogen) atoms. The van der Waals surface area contributed by atoms with Gasteiger partial charge < -0.3 is 5.11 Å². The number of ketones is 1. The number of carboxylic acids is 1. The predicted octanol–water partition coefficient (Wildman–Crippen LogP) is 2.68. The molecule has 1 aliphatic carbocycles. The lowest BCUT2D eigenvalue weighted by molar-refractivity contribution is -0.144. The first-order valence-electron chi connectivity index (χ1n) is 5.68. The highest BCUT2D eigenvalue weighted by Crippen LogP contribution is 2.34. The van der Waals surface area contributed by atoms with Crippen molar-refractivity contribution in [1.82, 2.24) is 0 Å². The van der Waals surface area contributed by atoms with Gasteiger partial charge in [-0.2, -0.15) is 0 Å². The van der Waals surface area contributed by atoms with Crippen LogP contribution in [0.1, 0.15) is 29.6 Å². The molecule has 0 heterocycles. The Morgan fingerprint density at radius 2 is 1.88 bits per heavy atom. The fourth-order valence-electron chi connectivity index (χ4n) is 2.18. The second-order valence-corrected chi connectivity index (χ2v) is 4.27. The van der Waals surface area contributed by atoms with E-state index in [4.69, 9.17) is 0 Å². The second kappa shape index (κ2) is 4.53. The number of aliphatic carboxylic acids is 1. The van der Waals surface area contributed by atoms with Crippen molar-refractivity contribution >= 4 is 11.8 Å². The van der Waals surface area contributed by atoms with Gasteiger partial charge in [-0.25, -0.2) is 0 Å². The lowest BCUT2D eigenvalue weighted by Crippen LogP contribution is -2.38. The molecule has 3 nitrogen and oxygen atoms in total. The van der Waals surface area contributed by atoms with E-state index in [2.05, 4.69) is 0 Å². The van der Waals surface area contributed by atoms with Gasteiger partial charge in [-0.15, -0.1) is 0 Å². The van der Waals surface area contributed by atoms with Crippen LogP contribution in [0.4, 0.5) is 0 Å². The Balaban J connectivity index is 2.42. The molecule has 88 valence electrons. The molecule has 0 spiro atoms. The van der Waals surface area contributed by atoms with Crippen LogP contribution in [0.3, 0.4) is 0 Å². The standard InChI is InChI=1S/C14H14O3/c15-12(11-7-3-1-4-8-11)14(13(16)17)9-5-2-6-10-14/h1,3-5,7-9H,2,6,10H2,(H,16,17). The molecule has 1 aliphatic rings. The molecule has 1 aromatic carbocycles. The molecule has 0 saturated carbocycles. The van der Waals surface area contributed by atoms with Crippen LogP contribution < -0.4 is 0 Å². The Bertz CT molecular complexity index is 462. The Kier molecular flexibility index (Phi) is 3.09. The van der Waals surface area contributed by atoms with Crippen LogP contribution in [0.15, 0.2) is 42.5 Å². The summed E-state index contributed by atoms with van der Waals surface area (Å²) in [7, 11) is 0. The third-order valence-electron chi connectivity index (χ3n) is 3.17. The topological polar surface area (TPSA) is 54.4 Å². The number of benzene rings is 1. The van der Waals surface area contributed by atoms with E-state index in [1.54, 1.807) is 42.5 Å². The van der Waals surface area contributed by atoms with E-state index in [9.17, 15) is 14.7 Å². The van der Waals surface area contributed by atoms with E-state index < -0.39 is 11.4 Å². The Labute approximate surface area is 99.8 Å². The van der Waals surface area contributed by atoms with E-state index in [1.165, 1.54) is 0 Å². The van der Waals surface area contributed by atoms with Crippen molar-refractivity contribution in [2.75, 3.05) is 0 Å².